The molecule has 0 atom stereocenters. The second-order valence-electron chi connectivity index (χ2n) is 10.4. The van der Waals surface area contributed by atoms with E-state index in [1.54, 1.807) is 0 Å². The van der Waals surface area contributed by atoms with Crippen LogP contribution in [0.2, 0.25) is 0 Å². The van der Waals surface area contributed by atoms with Gasteiger partial charge in [-0.3, -0.25) is 0 Å². The van der Waals surface area contributed by atoms with Crippen LogP contribution in [0.4, 0.5) is 0 Å². The summed E-state index contributed by atoms with van der Waals surface area (Å²) in [6, 6.07) is 2.00. The van der Waals surface area contributed by atoms with Crippen LogP contribution in [0.25, 0.3) is 10.8 Å². The molecule has 0 bridgehead atoms. The van der Waals surface area contributed by atoms with Crippen LogP contribution in [0.5, 0.6) is 0 Å². The van der Waals surface area contributed by atoms with E-state index in [-0.39, 0.29) is 0 Å². The van der Waals surface area contributed by atoms with Crippen molar-refractivity contribution in [1.29, 1.82) is 10.8 Å². The minimum absolute atomic E-state index is 1.00. The normalized spacial score (nSPS) is 9.58. The van der Waals surface area contributed by atoms with Gasteiger partial charge in [0.05, 0.1) is 27.2 Å². The summed E-state index contributed by atoms with van der Waals surface area (Å²) in [6.45, 7) is 7.21. The smallest absolute Gasteiger partial charge is 0.0753 e. The summed E-state index contributed by atoms with van der Waals surface area (Å²) in [7, 11) is 4.33. The summed E-state index contributed by atoms with van der Waals surface area (Å²) < 4.78 is 0. The summed E-state index contributed by atoms with van der Waals surface area (Å²) in [4.78, 5) is 0. The second-order valence-corrected chi connectivity index (χ2v) is 10.4. The zero-order valence-electron chi connectivity index (χ0n) is 26.4. The molecule has 0 radical (unpaired) electrons. The lowest BCUT2D eigenvalue weighted by Crippen LogP contribution is -2.79. The van der Waals surface area contributed by atoms with Gasteiger partial charge in [-0.25, -0.2) is 0 Å². The molecule has 228 valence electrons. The summed E-state index contributed by atoms with van der Waals surface area (Å²) in [5.74, 6) is 0. The molecule has 0 saturated heterocycles. The number of nitrogens with two attached hydrogens (primary N) is 2. The topological polar surface area (TPSA) is 126 Å². The van der Waals surface area contributed by atoms with E-state index < -0.39 is 0 Å². The van der Waals surface area contributed by atoms with Gasteiger partial charge in [-0.05, 0) is 25.7 Å². The van der Waals surface area contributed by atoms with Crippen molar-refractivity contribution < 1.29 is 10.6 Å². The summed E-state index contributed by atoms with van der Waals surface area (Å²) in [6.07, 6.45) is 34.9. The van der Waals surface area contributed by atoms with E-state index in [0.717, 1.165) is 12.0 Å². The quantitative estimate of drug-likeness (QED) is 0.0623. The third-order valence-corrected chi connectivity index (χ3v) is 6.69. The van der Waals surface area contributed by atoms with E-state index in [4.69, 9.17) is 21.6 Å². The summed E-state index contributed by atoms with van der Waals surface area (Å²) >= 11 is 0. The minimum Gasteiger partial charge on any atom is -0.447 e. The van der Waals surface area contributed by atoms with Crippen LogP contribution in [-0.2, 0) is 0 Å². The lowest BCUT2D eigenvalue weighted by molar-refractivity contribution is -0.627. The number of quaternary nitrogens is 2. The predicted octanol–water partition coefficient (Wildman–Crippen LogP) is 8.38. The molecule has 0 amide bonds. The lowest BCUT2D eigenvalue weighted by atomic mass is 10.1. The van der Waals surface area contributed by atoms with Gasteiger partial charge >= 0.3 is 0 Å². The molecule has 0 aliphatic heterocycles. The Labute approximate surface area is 239 Å². The number of hydrogen-bond acceptors (Lipinski definition) is 2. The van der Waals surface area contributed by atoms with Crippen LogP contribution >= 0.6 is 0 Å². The van der Waals surface area contributed by atoms with Gasteiger partial charge in [0.25, 0.3) is 0 Å². The summed E-state index contributed by atoms with van der Waals surface area (Å²) in [5, 5.41) is 29.6. The Morgan fingerprint density at radius 3 is 0.711 bits per heavy atom. The van der Waals surface area contributed by atoms with Crippen molar-refractivity contribution in [2.24, 2.45) is 0 Å². The second kappa shape index (κ2) is 52.2. The van der Waals surface area contributed by atoms with Crippen LogP contribution in [0.3, 0.4) is 0 Å². The maximum atomic E-state index is 6.99. The molecule has 0 aromatic carbocycles. The highest BCUT2D eigenvalue weighted by Crippen LogP contribution is 2.12. The number of hydrogen-bond donors (Lipinski definition) is 4. The van der Waals surface area contributed by atoms with E-state index >= 15 is 0 Å². The minimum atomic E-state index is 1.00. The highest BCUT2D eigenvalue weighted by molar-refractivity contribution is 5.39. The standard InChI is InChI=1S/2C15H33N.2CHN2/c2*1-3-4-5-6-7-8-9-10-11-12-13-14-15-16-2;2*2-1-3/h2*16H,3-15H2,1-2H3;2*2H/q;;2*-1/p+2. The average molecular weight is 539 g/mol. The average Bonchev–Trinajstić information content (AvgIpc) is 2.91. The fourth-order valence-electron chi connectivity index (χ4n) is 4.38. The lowest BCUT2D eigenvalue weighted by Gasteiger charge is -2.02. The van der Waals surface area contributed by atoms with Crippen molar-refractivity contribution in [1.82, 2.24) is 0 Å². The van der Waals surface area contributed by atoms with Gasteiger partial charge in [-0.1, -0.05) is 142 Å². The van der Waals surface area contributed by atoms with Gasteiger partial charge in [0.15, 0.2) is 0 Å². The van der Waals surface area contributed by atoms with Crippen LogP contribution in [-0.4, -0.2) is 39.2 Å². The van der Waals surface area contributed by atoms with Crippen LogP contribution in [0.1, 0.15) is 168 Å². The van der Waals surface area contributed by atoms with Crippen molar-refractivity contribution in [2.75, 3.05) is 27.2 Å². The zero-order chi connectivity index (χ0) is 29.2. The summed E-state index contributed by atoms with van der Waals surface area (Å²) in [5.41, 5.74) is 0. The Hall–Kier alpha value is -1.32. The molecule has 0 saturated carbocycles. The molecule has 0 unspecified atom stereocenters. The first-order valence-electron chi connectivity index (χ1n) is 16.3. The van der Waals surface area contributed by atoms with Gasteiger partial charge in [0.2, 0.25) is 0 Å². The molecule has 0 rings (SSSR count). The largest absolute Gasteiger partial charge is 0.447 e. The van der Waals surface area contributed by atoms with E-state index in [1.807, 2.05) is 0 Å². The van der Waals surface area contributed by atoms with Crippen LogP contribution in [0.15, 0.2) is 0 Å². The Bertz CT molecular complexity index is 362. The molecule has 38 heavy (non-hydrogen) atoms. The first kappa shape index (κ1) is 43.7. The predicted molar refractivity (Wildman–Crippen MR) is 170 cm³/mol. The first-order valence-corrected chi connectivity index (χ1v) is 16.3. The molecule has 6 nitrogen and oxygen atoms in total. The first-order chi connectivity index (χ1) is 18.7. The maximum Gasteiger partial charge on any atom is 0.0753 e. The molecule has 6 heteroatoms. The van der Waals surface area contributed by atoms with E-state index in [2.05, 4.69) is 38.6 Å². The Balaban J connectivity index is -0.000000251. The molecule has 0 heterocycles. The van der Waals surface area contributed by atoms with E-state index in [0.29, 0.717) is 0 Å². The van der Waals surface area contributed by atoms with Crippen molar-refractivity contribution in [2.45, 2.75) is 168 Å². The highest BCUT2D eigenvalue weighted by atomic mass is 14.8. The molecule has 0 aliphatic rings. The fourth-order valence-corrected chi connectivity index (χ4v) is 4.38. The zero-order valence-corrected chi connectivity index (χ0v) is 26.4. The molecule has 0 spiro atoms. The molecular formula is C32H70N6. The van der Waals surface area contributed by atoms with Crippen LogP contribution in [0, 0.1) is 10.8 Å². The van der Waals surface area contributed by atoms with E-state index in [9.17, 15) is 0 Å². The van der Waals surface area contributed by atoms with Crippen molar-refractivity contribution in [3.8, 4) is 0 Å². The van der Waals surface area contributed by atoms with Gasteiger partial charge in [-0.15, -0.1) is 0 Å². The molecule has 6 N–H and O–H groups in total. The Morgan fingerprint density at radius 1 is 0.395 bits per heavy atom. The van der Waals surface area contributed by atoms with Crippen LogP contribution < -0.4 is 10.6 Å². The van der Waals surface area contributed by atoms with Crippen molar-refractivity contribution in [3.63, 3.8) is 0 Å². The molecule has 0 aromatic rings. The third-order valence-electron chi connectivity index (χ3n) is 6.69. The van der Waals surface area contributed by atoms with Crippen molar-refractivity contribution in [3.05, 3.63) is 10.8 Å². The van der Waals surface area contributed by atoms with Gasteiger partial charge < -0.3 is 32.3 Å². The molecule has 0 fully saturated rings. The SMILES string of the molecule is CCCCCCCCCCCCCC[NH2+]C.CCCCCCCCCCCCCC[NH2+]C.[N-]=C=N.[N-]=C=N. The van der Waals surface area contributed by atoms with Gasteiger partial charge in [0, 0.05) is 0 Å². The van der Waals surface area contributed by atoms with Crippen molar-refractivity contribution >= 4 is 12.0 Å². The Kier molecular flexibility index (Phi) is 60.0. The third kappa shape index (κ3) is 64.6. The number of nitrogens with zero attached hydrogens (tertiary/aromatic N) is 2. The molecule has 0 aliphatic carbocycles. The highest BCUT2D eigenvalue weighted by Gasteiger charge is 1.94. The van der Waals surface area contributed by atoms with Gasteiger partial charge in [-0.2, -0.15) is 12.0 Å². The fraction of sp³-hybridized carbons (Fsp3) is 0.938. The number of unbranched alkanes of at least 4 members (excludes halogenated alkanes) is 22. The van der Waals surface area contributed by atoms with E-state index in [1.165, 1.54) is 167 Å². The maximum absolute atomic E-state index is 6.99. The monoisotopic (exact) mass is 539 g/mol. The molecular weight excluding hydrogens is 468 g/mol. The Morgan fingerprint density at radius 2 is 0.553 bits per heavy atom. The number of nitrogens with one attached hydrogen (secondary N) is 2. The molecule has 0 aromatic heterocycles. The number of rotatable bonds is 26. The van der Waals surface area contributed by atoms with Gasteiger partial charge in [0.1, 0.15) is 0 Å².